The molecule has 0 aromatic heterocycles. The number of rotatable bonds is 0. The minimum atomic E-state index is -0.226. The molecular formula is C7H6FIr-. The summed E-state index contributed by atoms with van der Waals surface area (Å²) >= 11 is 0. The van der Waals surface area contributed by atoms with Crippen molar-refractivity contribution < 1.29 is 24.5 Å². The van der Waals surface area contributed by atoms with Crippen molar-refractivity contribution in [3.8, 4) is 0 Å². The van der Waals surface area contributed by atoms with Crippen LogP contribution in [0.2, 0.25) is 0 Å². The zero-order chi connectivity index (χ0) is 5.98. The quantitative estimate of drug-likeness (QED) is 0.642. The normalized spacial score (nSPS) is 8.22. The van der Waals surface area contributed by atoms with Gasteiger partial charge in [0.05, 0.1) is 0 Å². The molecule has 0 unspecified atom stereocenters. The fraction of sp³-hybridized carbons (Fsp3) is 0.143. The van der Waals surface area contributed by atoms with Gasteiger partial charge in [-0.25, -0.2) is 0 Å². The van der Waals surface area contributed by atoms with E-state index in [1.807, 2.05) is 6.92 Å². The third-order valence-electron chi connectivity index (χ3n) is 0.930. The van der Waals surface area contributed by atoms with Crippen molar-refractivity contribution in [3.05, 3.63) is 35.6 Å². The first-order valence-electron chi connectivity index (χ1n) is 2.43. The van der Waals surface area contributed by atoms with E-state index in [0.29, 0.717) is 0 Å². The van der Waals surface area contributed by atoms with Gasteiger partial charge in [-0.2, -0.15) is 17.7 Å². The minimum Gasteiger partial charge on any atom is -0.284 e. The molecule has 0 atom stereocenters. The molecule has 0 aliphatic carbocycles. The summed E-state index contributed by atoms with van der Waals surface area (Å²) in [7, 11) is 0. The summed E-state index contributed by atoms with van der Waals surface area (Å²) in [6.45, 7) is 1.87. The Morgan fingerprint density at radius 3 is 2.44 bits per heavy atom. The summed E-state index contributed by atoms with van der Waals surface area (Å²) in [6.07, 6.45) is 0. The number of aryl methyl sites for hydroxylation is 1. The smallest absolute Gasteiger partial charge is 0.00872 e. The molecule has 2 heteroatoms. The van der Waals surface area contributed by atoms with Crippen molar-refractivity contribution in [2.45, 2.75) is 6.92 Å². The van der Waals surface area contributed by atoms with Crippen LogP contribution >= 0.6 is 0 Å². The van der Waals surface area contributed by atoms with Gasteiger partial charge < -0.3 is 0 Å². The molecule has 0 nitrogen and oxygen atoms in total. The molecule has 0 amide bonds. The van der Waals surface area contributed by atoms with E-state index in [1.54, 1.807) is 6.07 Å². The third-order valence-corrected chi connectivity index (χ3v) is 0.930. The van der Waals surface area contributed by atoms with E-state index in [2.05, 4.69) is 6.07 Å². The van der Waals surface area contributed by atoms with Crippen molar-refractivity contribution >= 4 is 0 Å². The van der Waals surface area contributed by atoms with E-state index in [0.717, 1.165) is 5.56 Å². The Balaban J connectivity index is 0.000000640. The van der Waals surface area contributed by atoms with E-state index >= 15 is 0 Å². The van der Waals surface area contributed by atoms with Crippen molar-refractivity contribution in [1.29, 1.82) is 0 Å². The molecule has 0 fully saturated rings. The largest absolute Gasteiger partial charge is 0.284 e. The zero-order valence-corrected chi connectivity index (χ0v) is 7.34. The summed E-state index contributed by atoms with van der Waals surface area (Å²) in [5.41, 5.74) is 0.964. The van der Waals surface area contributed by atoms with Crippen LogP contribution in [0.4, 0.5) is 4.39 Å². The van der Waals surface area contributed by atoms with Crippen LogP contribution in [0.25, 0.3) is 0 Å². The minimum absolute atomic E-state index is 0. The van der Waals surface area contributed by atoms with Crippen LogP contribution in [0.3, 0.4) is 0 Å². The summed E-state index contributed by atoms with van der Waals surface area (Å²) in [5.74, 6) is -0.226. The average molecular weight is 301 g/mol. The first-order chi connectivity index (χ1) is 3.79. The van der Waals surface area contributed by atoms with E-state index in [9.17, 15) is 4.39 Å². The van der Waals surface area contributed by atoms with E-state index in [1.165, 1.54) is 12.1 Å². The van der Waals surface area contributed by atoms with E-state index < -0.39 is 0 Å². The Morgan fingerprint density at radius 2 is 2.11 bits per heavy atom. The fourth-order valence-electron chi connectivity index (χ4n) is 0.484. The molecule has 0 N–H and O–H groups in total. The van der Waals surface area contributed by atoms with Gasteiger partial charge >= 0.3 is 0 Å². The van der Waals surface area contributed by atoms with Crippen molar-refractivity contribution in [2.75, 3.05) is 0 Å². The standard InChI is InChI=1S/C7H6F.Ir/c1-6-2-4-7(8)5-3-6;/h2,4-5H,1H3;/q-1;. The van der Waals surface area contributed by atoms with Crippen LogP contribution in [0, 0.1) is 18.8 Å². The van der Waals surface area contributed by atoms with Gasteiger partial charge in [0.1, 0.15) is 0 Å². The maximum absolute atomic E-state index is 12.1. The molecule has 9 heavy (non-hydrogen) atoms. The number of hydrogen-bond donors (Lipinski definition) is 0. The predicted octanol–water partition coefficient (Wildman–Crippen LogP) is 1.93. The monoisotopic (exact) mass is 302 g/mol. The average Bonchev–Trinajstić information content (AvgIpc) is 1.77. The molecule has 0 bridgehead atoms. The maximum atomic E-state index is 12.1. The molecule has 1 radical (unpaired) electrons. The Morgan fingerprint density at radius 1 is 1.44 bits per heavy atom. The van der Waals surface area contributed by atoms with Gasteiger partial charge in [-0.1, -0.05) is 6.92 Å². The molecule has 0 heterocycles. The molecule has 0 aliphatic rings. The van der Waals surface area contributed by atoms with Crippen molar-refractivity contribution in [3.63, 3.8) is 0 Å². The second kappa shape index (κ2) is 3.75. The van der Waals surface area contributed by atoms with E-state index in [-0.39, 0.29) is 25.9 Å². The fourth-order valence-corrected chi connectivity index (χ4v) is 0.484. The topological polar surface area (TPSA) is 0 Å². The molecular weight excluding hydrogens is 295 g/mol. The van der Waals surface area contributed by atoms with E-state index in [4.69, 9.17) is 0 Å². The Labute approximate surface area is 67.4 Å². The SMILES string of the molecule is Cc1[c-]cc(F)cc1.[Ir]. The molecule has 1 rings (SSSR count). The van der Waals surface area contributed by atoms with Crippen LogP contribution in [0.1, 0.15) is 5.56 Å². The van der Waals surface area contributed by atoms with Gasteiger partial charge in [0.15, 0.2) is 0 Å². The second-order valence-corrected chi connectivity index (χ2v) is 1.69. The van der Waals surface area contributed by atoms with Crippen molar-refractivity contribution in [2.24, 2.45) is 0 Å². The van der Waals surface area contributed by atoms with Gasteiger partial charge in [-0.15, -0.1) is 12.1 Å². The summed E-state index contributed by atoms with van der Waals surface area (Å²) in [6, 6.07) is 7.17. The molecule has 51 valence electrons. The molecule has 1 aromatic carbocycles. The Kier molecular flexibility index (Phi) is 3.67. The van der Waals surface area contributed by atoms with Crippen molar-refractivity contribution in [1.82, 2.24) is 0 Å². The maximum Gasteiger partial charge on any atom is 0.00872 e. The van der Waals surface area contributed by atoms with Crippen LogP contribution in [-0.4, -0.2) is 0 Å². The molecule has 0 saturated carbocycles. The van der Waals surface area contributed by atoms with Crippen LogP contribution in [0.5, 0.6) is 0 Å². The van der Waals surface area contributed by atoms with Crippen LogP contribution in [0.15, 0.2) is 18.2 Å². The van der Waals surface area contributed by atoms with Crippen LogP contribution in [-0.2, 0) is 20.1 Å². The first-order valence-corrected chi connectivity index (χ1v) is 2.43. The third kappa shape index (κ3) is 2.73. The van der Waals surface area contributed by atoms with Gasteiger partial charge in [0.25, 0.3) is 0 Å². The Hall–Kier alpha value is -0.201. The number of halogens is 1. The predicted molar refractivity (Wildman–Crippen MR) is 30.0 cm³/mol. The first kappa shape index (κ1) is 8.80. The molecule has 0 saturated heterocycles. The Bertz CT molecular complexity index is 148. The van der Waals surface area contributed by atoms with Gasteiger partial charge in [-0.3, -0.25) is 4.39 Å². The number of benzene rings is 1. The van der Waals surface area contributed by atoms with Crippen LogP contribution < -0.4 is 0 Å². The second-order valence-electron chi connectivity index (χ2n) is 1.69. The number of hydrogen-bond acceptors (Lipinski definition) is 0. The molecule has 0 spiro atoms. The van der Waals surface area contributed by atoms with Gasteiger partial charge in [-0.05, 0) is 0 Å². The summed E-state index contributed by atoms with van der Waals surface area (Å²) in [5, 5.41) is 0. The molecule has 1 aromatic rings. The zero-order valence-electron chi connectivity index (χ0n) is 4.94. The molecule has 0 aliphatic heterocycles. The van der Waals surface area contributed by atoms with Gasteiger partial charge in [0, 0.05) is 25.9 Å². The summed E-state index contributed by atoms with van der Waals surface area (Å²) in [4.78, 5) is 0. The summed E-state index contributed by atoms with van der Waals surface area (Å²) < 4.78 is 12.1. The van der Waals surface area contributed by atoms with Gasteiger partial charge in [0.2, 0.25) is 0 Å².